The van der Waals surface area contributed by atoms with Crippen LogP contribution < -0.4 is 15.0 Å². The fourth-order valence-corrected chi connectivity index (χ4v) is 3.00. The second kappa shape index (κ2) is 12.1. The predicted molar refractivity (Wildman–Crippen MR) is 116 cm³/mol. The Labute approximate surface area is 173 Å². The molecule has 0 spiro atoms. The number of carboxylic acid groups (broad SMARTS) is 1. The lowest BCUT2D eigenvalue weighted by atomic mass is 10.1. The first-order chi connectivity index (χ1) is 14.0. The van der Waals surface area contributed by atoms with Gasteiger partial charge in [-0.25, -0.2) is 4.79 Å². The molecule has 1 amide bonds. The number of benzene rings is 2. The molecule has 2 N–H and O–H groups in total. The van der Waals surface area contributed by atoms with Crippen LogP contribution in [0, 0.1) is 0 Å². The summed E-state index contributed by atoms with van der Waals surface area (Å²) in [6, 6.07) is 15.6. The van der Waals surface area contributed by atoms with Gasteiger partial charge in [0.1, 0.15) is 5.75 Å². The van der Waals surface area contributed by atoms with Crippen molar-refractivity contribution in [2.24, 2.45) is 0 Å². The quantitative estimate of drug-likeness (QED) is 0.564. The van der Waals surface area contributed by atoms with Crippen LogP contribution in [0.15, 0.2) is 48.5 Å². The van der Waals surface area contributed by atoms with E-state index in [2.05, 4.69) is 24.4 Å². The maximum atomic E-state index is 11.0. The van der Waals surface area contributed by atoms with Gasteiger partial charge >= 0.3 is 6.09 Å². The van der Waals surface area contributed by atoms with Crippen molar-refractivity contribution >= 4 is 11.8 Å². The first-order valence-corrected chi connectivity index (χ1v) is 10.1. The van der Waals surface area contributed by atoms with Crippen molar-refractivity contribution < 1.29 is 19.4 Å². The summed E-state index contributed by atoms with van der Waals surface area (Å²) in [5.74, 6) is 0.843. The number of anilines is 1. The summed E-state index contributed by atoms with van der Waals surface area (Å²) in [7, 11) is 1.53. The van der Waals surface area contributed by atoms with Gasteiger partial charge in [-0.1, -0.05) is 31.2 Å². The van der Waals surface area contributed by atoms with E-state index in [-0.39, 0.29) is 6.10 Å². The van der Waals surface area contributed by atoms with Gasteiger partial charge in [-0.15, -0.1) is 0 Å². The summed E-state index contributed by atoms with van der Waals surface area (Å²) >= 11 is 0. The first kappa shape index (κ1) is 22.7. The average molecular weight is 401 g/mol. The highest BCUT2D eigenvalue weighted by molar-refractivity contribution is 5.85. The summed E-state index contributed by atoms with van der Waals surface area (Å²) in [6.45, 7) is 7.19. The van der Waals surface area contributed by atoms with E-state index >= 15 is 0 Å². The van der Waals surface area contributed by atoms with Crippen LogP contribution >= 0.6 is 0 Å². The van der Waals surface area contributed by atoms with Gasteiger partial charge in [0.2, 0.25) is 0 Å². The lowest BCUT2D eigenvalue weighted by Crippen LogP contribution is -2.30. The van der Waals surface area contributed by atoms with Gasteiger partial charge in [0.15, 0.2) is 0 Å². The minimum atomic E-state index is -0.973. The number of ether oxygens (including phenoxy) is 2. The number of amides is 1. The lowest BCUT2D eigenvalue weighted by Gasteiger charge is -2.17. The predicted octanol–water partition coefficient (Wildman–Crippen LogP) is 3.98. The van der Waals surface area contributed by atoms with Crippen LogP contribution in [0.2, 0.25) is 0 Å². The van der Waals surface area contributed by atoms with Crippen LogP contribution in [0.3, 0.4) is 0 Å². The zero-order valence-electron chi connectivity index (χ0n) is 17.6. The van der Waals surface area contributed by atoms with E-state index in [4.69, 9.17) is 14.6 Å². The molecule has 0 saturated carbocycles. The normalized spacial score (nSPS) is 11.8. The second-order valence-corrected chi connectivity index (χ2v) is 6.84. The van der Waals surface area contributed by atoms with Crippen molar-refractivity contribution in [3.8, 4) is 5.75 Å². The maximum absolute atomic E-state index is 11.0. The topological polar surface area (TPSA) is 71.0 Å². The molecule has 0 fully saturated rings. The van der Waals surface area contributed by atoms with Crippen LogP contribution in [0.25, 0.3) is 0 Å². The average Bonchev–Trinajstić information content (AvgIpc) is 2.73. The summed E-state index contributed by atoms with van der Waals surface area (Å²) in [5.41, 5.74) is 2.98. The third-order valence-electron chi connectivity index (χ3n) is 4.68. The summed E-state index contributed by atoms with van der Waals surface area (Å²) < 4.78 is 11.6. The number of likely N-dealkylation sites (N-methyl/N-ethyl adjacent to an activating group) is 1. The molecule has 2 aromatic rings. The number of nitrogens with one attached hydrogen (secondary N) is 1. The Morgan fingerprint density at radius 1 is 1.07 bits per heavy atom. The van der Waals surface area contributed by atoms with Crippen LogP contribution in [0.4, 0.5) is 10.5 Å². The standard InChI is InChI=1S/C23H32N2O4/c1-4-24-17-22(28-5-2)16-19-8-12-21(13-9-19)29-15-14-18-6-10-20(11-7-18)25(3)23(26)27/h6-13,22,24H,4-5,14-17H2,1-3H3,(H,26,27). The van der Waals surface area contributed by atoms with E-state index in [1.165, 1.54) is 17.5 Å². The van der Waals surface area contributed by atoms with E-state index in [1.54, 1.807) is 12.1 Å². The first-order valence-electron chi connectivity index (χ1n) is 10.1. The molecule has 158 valence electrons. The number of carbonyl (C=O) groups is 1. The third kappa shape index (κ3) is 7.75. The van der Waals surface area contributed by atoms with Gasteiger partial charge in [0.25, 0.3) is 0 Å². The zero-order chi connectivity index (χ0) is 21.1. The molecular formula is C23H32N2O4. The fraction of sp³-hybridized carbons (Fsp3) is 0.435. The van der Waals surface area contributed by atoms with E-state index < -0.39 is 6.09 Å². The van der Waals surface area contributed by atoms with Gasteiger partial charge in [0, 0.05) is 32.3 Å². The van der Waals surface area contributed by atoms with E-state index in [9.17, 15) is 4.79 Å². The van der Waals surface area contributed by atoms with Gasteiger partial charge in [-0.2, -0.15) is 0 Å². The number of hydrogen-bond donors (Lipinski definition) is 2. The smallest absolute Gasteiger partial charge is 0.411 e. The molecule has 29 heavy (non-hydrogen) atoms. The number of hydrogen-bond acceptors (Lipinski definition) is 4. The Balaban J connectivity index is 1.80. The minimum absolute atomic E-state index is 0.176. The molecule has 0 aliphatic rings. The molecule has 6 nitrogen and oxygen atoms in total. The van der Waals surface area contributed by atoms with Crippen LogP contribution in [0.5, 0.6) is 5.75 Å². The largest absolute Gasteiger partial charge is 0.493 e. The highest BCUT2D eigenvalue weighted by atomic mass is 16.5. The highest BCUT2D eigenvalue weighted by Crippen LogP contribution is 2.17. The zero-order valence-corrected chi connectivity index (χ0v) is 17.6. The molecule has 0 aliphatic carbocycles. The van der Waals surface area contributed by atoms with Crippen molar-refractivity contribution in [2.75, 3.05) is 38.3 Å². The summed E-state index contributed by atoms with van der Waals surface area (Å²) in [4.78, 5) is 12.2. The van der Waals surface area contributed by atoms with Crippen LogP contribution in [0.1, 0.15) is 25.0 Å². The van der Waals surface area contributed by atoms with Crippen molar-refractivity contribution in [1.29, 1.82) is 0 Å². The maximum Gasteiger partial charge on any atom is 0.411 e. The molecule has 0 aromatic heterocycles. The molecule has 2 aromatic carbocycles. The second-order valence-electron chi connectivity index (χ2n) is 6.84. The molecule has 0 heterocycles. The Morgan fingerprint density at radius 2 is 1.72 bits per heavy atom. The molecule has 1 atom stereocenters. The Morgan fingerprint density at radius 3 is 2.31 bits per heavy atom. The van der Waals surface area contributed by atoms with Crippen LogP contribution in [-0.2, 0) is 17.6 Å². The number of nitrogens with zero attached hydrogens (tertiary/aromatic N) is 1. The number of rotatable bonds is 12. The van der Waals surface area contributed by atoms with E-state index in [0.717, 1.165) is 37.2 Å². The molecule has 1 unspecified atom stereocenters. The van der Waals surface area contributed by atoms with E-state index in [1.807, 2.05) is 31.2 Å². The highest BCUT2D eigenvalue weighted by Gasteiger charge is 2.10. The van der Waals surface area contributed by atoms with Gasteiger partial charge in [-0.3, -0.25) is 4.90 Å². The van der Waals surface area contributed by atoms with Gasteiger partial charge < -0.3 is 19.9 Å². The molecule has 6 heteroatoms. The Kier molecular flexibility index (Phi) is 9.47. The summed E-state index contributed by atoms with van der Waals surface area (Å²) in [6.07, 6.45) is 0.834. The minimum Gasteiger partial charge on any atom is -0.493 e. The van der Waals surface area contributed by atoms with Crippen molar-refractivity contribution in [2.45, 2.75) is 32.8 Å². The van der Waals surface area contributed by atoms with Gasteiger partial charge in [-0.05, 0) is 55.3 Å². The lowest BCUT2D eigenvalue weighted by molar-refractivity contribution is 0.0635. The third-order valence-corrected chi connectivity index (χ3v) is 4.68. The molecule has 0 bridgehead atoms. The van der Waals surface area contributed by atoms with Gasteiger partial charge in [0.05, 0.1) is 12.7 Å². The monoisotopic (exact) mass is 400 g/mol. The Bertz CT molecular complexity index is 732. The SMILES string of the molecule is CCNCC(Cc1ccc(OCCc2ccc(N(C)C(=O)O)cc2)cc1)OCC. The fourth-order valence-electron chi connectivity index (χ4n) is 3.00. The molecule has 0 saturated heterocycles. The van der Waals surface area contributed by atoms with Crippen LogP contribution in [-0.4, -0.2) is 50.7 Å². The Hall–Kier alpha value is -2.57. The van der Waals surface area contributed by atoms with Crippen molar-refractivity contribution in [1.82, 2.24) is 5.32 Å². The molecule has 2 rings (SSSR count). The molecular weight excluding hydrogens is 368 g/mol. The van der Waals surface area contributed by atoms with Crippen molar-refractivity contribution in [3.63, 3.8) is 0 Å². The molecule has 0 aliphatic heterocycles. The van der Waals surface area contributed by atoms with E-state index in [0.29, 0.717) is 18.9 Å². The summed E-state index contributed by atoms with van der Waals surface area (Å²) in [5, 5.41) is 12.3. The molecule has 0 radical (unpaired) electrons. The van der Waals surface area contributed by atoms with Crippen molar-refractivity contribution in [3.05, 3.63) is 59.7 Å².